The fraction of sp³-hybridized carbons (Fsp3) is 0.400. The lowest BCUT2D eigenvalue weighted by Crippen LogP contribution is -2.29. The van der Waals surface area contributed by atoms with Crippen LogP contribution in [0.3, 0.4) is 0 Å². The van der Waals surface area contributed by atoms with Crippen LogP contribution >= 0.6 is 0 Å². The van der Waals surface area contributed by atoms with E-state index >= 15 is 0 Å². The maximum absolute atomic E-state index is 3.49. The van der Waals surface area contributed by atoms with Crippen LogP contribution in [0.25, 0.3) is 0 Å². The van der Waals surface area contributed by atoms with Crippen molar-refractivity contribution in [2.75, 3.05) is 11.9 Å². The summed E-state index contributed by atoms with van der Waals surface area (Å²) in [4.78, 5) is 0. The SMILES string of the molecule is c1ccc2c(c1)NC1NCCC21. The molecule has 0 bridgehead atoms. The molecular formula is C10H12N2. The van der Waals surface area contributed by atoms with Gasteiger partial charge >= 0.3 is 0 Å². The molecule has 2 aliphatic heterocycles. The normalized spacial score (nSPS) is 31.0. The first-order valence-corrected chi connectivity index (χ1v) is 4.54. The molecule has 2 aliphatic rings. The summed E-state index contributed by atoms with van der Waals surface area (Å²) < 4.78 is 0. The summed E-state index contributed by atoms with van der Waals surface area (Å²) in [5, 5.41) is 6.94. The van der Waals surface area contributed by atoms with Crippen LogP contribution in [0.5, 0.6) is 0 Å². The van der Waals surface area contributed by atoms with Crippen LogP contribution in [-0.4, -0.2) is 12.7 Å². The second kappa shape index (κ2) is 2.23. The Hall–Kier alpha value is -1.02. The second-order valence-electron chi connectivity index (χ2n) is 3.56. The number of rotatable bonds is 0. The molecular weight excluding hydrogens is 148 g/mol. The zero-order chi connectivity index (χ0) is 7.97. The molecule has 2 heteroatoms. The van der Waals surface area contributed by atoms with Crippen LogP contribution in [0.1, 0.15) is 17.9 Å². The van der Waals surface area contributed by atoms with E-state index in [1.165, 1.54) is 17.7 Å². The van der Waals surface area contributed by atoms with E-state index in [9.17, 15) is 0 Å². The third kappa shape index (κ3) is 0.730. The second-order valence-corrected chi connectivity index (χ2v) is 3.56. The van der Waals surface area contributed by atoms with E-state index < -0.39 is 0 Å². The Bertz CT molecular complexity index is 308. The first kappa shape index (κ1) is 6.49. The smallest absolute Gasteiger partial charge is 0.0839 e. The first-order chi connectivity index (χ1) is 5.95. The van der Waals surface area contributed by atoms with Crippen LogP contribution < -0.4 is 10.6 Å². The number of hydrogen-bond acceptors (Lipinski definition) is 2. The molecule has 0 radical (unpaired) electrons. The number of benzene rings is 1. The monoisotopic (exact) mass is 160 g/mol. The molecule has 0 spiro atoms. The molecule has 12 heavy (non-hydrogen) atoms. The van der Waals surface area contributed by atoms with Gasteiger partial charge in [0.05, 0.1) is 6.17 Å². The minimum absolute atomic E-state index is 0.502. The summed E-state index contributed by atoms with van der Waals surface area (Å²) in [7, 11) is 0. The Labute approximate surface area is 72.0 Å². The summed E-state index contributed by atoms with van der Waals surface area (Å²) in [6.45, 7) is 1.15. The Morgan fingerprint density at radius 1 is 1.25 bits per heavy atom. The van der Waals surface area contributed by atoms with Gasteiger partial charge in [-0.1, -0.05) is 18.2 Å². The summed E-state index contributed by atoms with van der Waals surface area (Å²) >= 11 is 0. The van der Waals surface area contributed by atoms with Crippen LogP contribution in [0.4, 0.5) is 5.69 Å². The van der Waals surface area contributed by atoms with Crippen molar-refractivity contribution < 1.29 is 0 Å². The lowest BCUT2D eigenvalue weighted by atomic mass is 9.99. The van der Waals surface area contributed by atoms with Gasteiger partial charge in [-0.15, -0.1) is 0 Å². The maximum Gasteiger partial charge on any atom is 0.0839 e. The molecule has 0 saturated carbocycles. The van der Waals surface area contributed by atoms with Gasteiger partial charge in [0.2, 0.25) is 0 Å². The van der Waals surface area contributed by atoms with Gasteiger partial charge in [-0.25, -0.2) is 0 Å². The third-order valence-electron chi connectivity index (χ3n) is 2.89. The van der Waals surface area contributed by atoms with Crippen LogP contribution in [0, 0.1) is 0 Å². The van der Waals surface area contributed by atoms with E-state index in [1.54, 1.807) is 0 Å². The van der Waals surface area contributed by atoms with Gasteiger partial charge in [0.25, 0.3) is 0 Å². The predicted molar refractivity (Wildman–Crippen MR) is 49.2 cm³/mol. The summed E-state index contributed by atoms with van der Waals surface area (Å²) in [6.07, 6.45) is 1.77. The van der Waals surface area contributed by atoms with Gasteiger partial charge in [0.15, 0.2) is 0 Å². The minimum Gasteiger partial charge on any atom is -0.369 e. The van der Waals surface area contributed by atoms with E-state index in [1.807, 2.05) is 0 Å². The Morgan fingerprint density at radius 3 is 3.17 bits per heavy atom. The fourth-order valence-corrected chi connectivity index (χ4v) is 2.31. The van der Waals surface area contributed by atoms with E-state index in [0.29, 0.717) is 12.1 Å². The highest BCUT2D eigenvalue weighted by Gasteiger charge is 2.34. The highest BCUT2D eigenvalue weighted by atomic mass is 15.2. The number of para-hydroxylation sites is 1. The van der Waals surface area contributed by atoms with E-state index in [2.05, 4.69) is 34.9 Å². The quantitative estimate of drug-likeness (QED) is 0.601. The number of nitrogens with one attached hydrogen (secondary N) is 2. The van der Waals surface area contributed by atoms with Gasteiger partial charge in [-0.05, 0) is 24.6 Å². The average Bonchev–Trinajstić information content (AvgIpc) is 2.62. The van der Waals surface area contributed by atoms with Gasteiger partial charge in [-0.3, -0.25) is 5.32 Å². The molecule has 3 rings (SSSR count). The topological polar surface area (TPSA) is 24.1 Å². The molecule has 1 aromatic carbocycles. The largest absolute Gasteiger partial charge is 0.369 e. The lowest BCUT2D eigenvalue weighted by molar-refractivity contribution is 0.641. The van der Waals surface area contributed by atoms with Gasteiger partial charge in [-0.2, -0.15) is 0 Å². The number of fused-ring (bicyclic) bond motifs is 3. The molecule has 0 aliphatic carbocycles. The highest BCUT2D eigenvalue weighted by molar-refractivity contribution is 5.59. The molecule has 2 heterocycles. The molecule has 2 N–H and O–H groups in total. The van der Waals surface area contributed by atoms with E-state index in [4.69, 9.17) is 0 Å². The summed E-state index contributed by atoms with van der Waals surface area (Å²) in [6, 6.07) is 8.61. The fourth-order valence-electron chi connectivity index (χ4n) is 2.31. The van der Waals surface area contributed by atoms with E-state index in [-0.39, 0.29) is 0 Å². The Morgan fingerprint density at radius 2 is 2.17 bits per heavy atom. The zero-order valence-electron chi connectivity index (χ0n) is 6.88. The van der Waals surface area contributed by atoms with Gasteiger partial charge in [0.1, 0.15) is 0 Å². The molecule has 0 aromatic heterocycles. The van der Waals surface area contributed by atoms with Gasteiger partial charge < -0.3 is 5.32 Å². The summed E-state index contributed by atoms with van der Waals surface area (Å²) in [5.41, 5.74) is 2.81. The standard InChI is InChI=1S/C10H12N2/c1-2-4-9-7(3-1)8-5-6-11-10(8)12-9/h1-4,8,10-12H,5-6H2. The van der Waals surface area contributed by atoms with Crippen molar-refractivity contribution in [3.8, 4) is 0 Å². The maximum atomic E-state index is 3.49. The summed E-state index contributed by atoms with van der Waals surface area (Å²) in [5.74, 6) is 0.709. The molecule has 1 aromatic rings. The Kier molecular flexibility index (Phi) is 1.21. The highest BCUT2D eigenvalue weighted by Crippen LogP contribution is 2.38. The van der Waals surface area contributed by atoms with Crippen molar-refractivity contribution in [1.82, 2.24) is 5.32 Å². The van der Waals surface area contributed by atoms with Crippen LogP contribution in [0.2, 0.25) is 0 Å². The van der Waals surface area contributed by atoms with Crippen molar-refractivity contribution >= 4 is 5.69 Å². The van der Waals surface area contributed by atoms with E-state index in [0.717, 1.165) is 6.54 Å². The van der Waals surface area contributed by atoms with Crippen molar-refractivity contribution in [2.45, 2.75) is 18.5 Å². The molecule has 2 unspecified atom stereocenters. The third-order valence-corrected chi connectivity index (χ3v) is 2.89. The average molecular weight is 160 g/mol. The minimum atomic E-state index is 0.502. The molecule has 1 fully saturated rings. The van der Waals surface area contributed by atoms with Crippen molar-refractivity contribution in [1.29, 1.82) is 0 Å². The predicted octanol–water partition coefficient (Wildman–Crippen LogP) is 1.52. The molecule has 2 atom stereocenters. The first-order valence-electron chi connectivity index (χ1n) is 4.54. The number of anilines is 1. The van der Waals surface area contributed by atoms with Crippen molar-refractivity contribution in [3.05, 3.63) is 29.8 Å². The molecule has 1 saturated heterocycles. The van der Waals surface area contributed by atoms with Gasteiger partial charge in [0, 0.05) is 11.6 Å². The van der Waals surface area contributed by atoms with Crippen molar-refractivity contribution in [3.63, 3.8) is 0 Å². The van der Waals surface area contributed by atoms with Crippen LogP contribution in [-0.2, 0) is 0 Å². The van der Waals surface area contributed by atoms with Crippen molar-refractivity contribution in [2.24, 2.45) is 0 Å². The van der Waals surface area contributed by atoms with Crippen LogP contribution in [0.15, 0.2) is 24.3 Å². The molecule has 2 nitrogen and oxygen atoms in total. The lowest BCUT2D eigenvalue weighted by Gasteiger charge is -2.08. The molecule has 0 amide bonds. The Balaban J connectivity index is 2.09. The zero-order valence-corrected chi connectivity index (χ0v) is 6.88. The molecule has 62 valence electrons. The number of hydrogen-bond donors (Lipinski definition) is 2.